The van der Waals surface area contributed by atoms with E-state index < -0.39 is 42.8 Å². The molecule has 1 aliphatic heterocycles. The molecule has 11 heteroatoms. The van der Waals surface area contributed by atoms with E-state index >= 15 is 0 Å². The summed E-state index contributed by atoms with van der Waals surface area (Å²) in [5, 5.41) is 44.1. The number of benzene rings is 1. The average Bonchev–Trinajstić information content (AvgIpc) is 2.67. The molecule has 1 aromatic heterocycles. The average molecular weight is 428 g/mol. The number of aromatic amines is 1. The quantitative estimate of drug-likeness (QED) is 0.432. The van der Waals surface area contributed by atoms with E-state index in [1.54, 1.807) is 30.3 Å². The van der Waals surface area contributed by atoms with Crippen LogP contribution in [-0.2, 0) is 4.74 Å². The molecule has 9 nitrogen and oxygen atoms in total. The van der Waals surface area contributed by atoms with Crippen LogP contribution >= 0.6 is 23.8 Å². The Hall–Kier alpha value is -1.92. The van der Waals surface area contributed by atoms with Crippen molar-refractivity contribution in [2.45, 2.75) is 30.6 Å². The molecular weight excluding hydrogens is 410 g/mol. The molecule has 2 aromatic rings. The van der Waals surface area contributed by atoms with Gasteiger partial charge in [-0.15, -0.1) is 0 Å². The van der Waals surface area contributed by atoms with Gasteiger partial charge in [0.2, 0.25) is 0 Å². The Balaban J connectivity index is 1.96. The lowest BCUT2D eigenvalue weighted by molar-refractivity contribution is -0.254. The third kappa shape index (κ3) is 4.23. The van der Waals surface area contributed by atoms with Gasteiger partial charge in [-0.1, -0.05) is 29.8 Å². The summed E-state index contributed by atoms with van der Waals surface area (Å²) in [7, 11) is 0. The van der Waals surface area contributed by atoms with Crippen molar-refractivity contribution in [3.8, 4) is 0 Å². The molecule has 0 spiro atoms. The molecule has 1 aliphatic rings. The van der Waals surface area contributed by atoms with Gasteiger partial charge in [-0.05, 0) is 36.0 Å². The van der Waals surface area contributed by atoms with E-state index in [1.807, 2.05) is 0 Å². The first-order chi connectivity index (χ1) is 13.3. The lowest BCUT2D eigenvalue weighted by Gasteiger charge is -2.40. The highest BCUT2D eigenvalue weighted by molar-refractivity contribution is 7.71. The summed E-state index contributed by atoms with van der Waals surface area (Å²) in [6.45, 7) is -0.596. The lowest BCUT2D eigenvalue weighted by Crippen LogP contribution is -2.57. The van der Waals surface area contributed by atoms with Gasteiger partial charge in [0.05, 0.1) is 6.61 Å². The van der Waals surface area contributed by atoms with Crippen LogP contribution in [0.1, 0.15) is 17.5 Å². The van der Waals surface area contributed by atoms with Crippen LogP contribution in [0, 0.1) is 4.77 Å². The summed E-state index contributed by atoms with van der Waals surface area (Å²) in [5.41, 5.74) is 0.184. The number of aliphatic hydroxyl groups is 4. The van der Waals surface area contributed by atoms with Crippen molar-refractivity contribution in [2.24, 2.45) is 0 Å². The molecule has 1 fully saturated rings. The maximum absolute atomic E-state index is 12.2. The number of nitrogens with zero attached hydrogens (tertiary/aromatic N) is 2. The van der Waals surface area contributed by atoms with E-state index in [0.29, 0.717) is 5.02 Å². The molecule has 0 unspecified atom stereocenters. The second kappa shape index (κ2) is 8.62. The van der Waals surface area contributed by atoms with Gasteiger partial charge in [-0.2, -0.15) is 5.10 Å². The fourth-order valence-electron chi connectivity index (χ4n) is 2.74. The summed E-state index contributed by atoms with van der Waals surface area (Å²) in [6.07, 6.45) is -4.07. The Morgan fingerprint density at radius 1 is 1.18 bits per heavy atom. The van der Waals surface area contributed by atoms with Crippen molar-refractivity contribution in [2.75, 3.05) is 6.61 Å². The lowest BCUT2D eigenvalue weighted by atomic mass is 9.98. The number of halogens is 1. The predicted octanol–water partition coefficient (Wildman–Crippen LogP) is 0.0971. The minimum absolute atomic E-state index is 0.0273. The SMILES string of the molecule is O=c1[nH]c(=S)n([C@@H]2O[C@H](CO)[C@@H](O)[C@H](O)[C@H]2O)nc1/C=C/c1ccc(Cl)cc1. The second-order valence-electron chi connectivity index (χ2n) is 6.19. The maximum Gasteiger partial charge on any atom is 0.277 e. The number of H-pyrrole nitrogens is 1. The molecule has 150 valence electrons. The van der Waals surface area contributed by atoms with E-state index in [1.165, 1.54) is 6.08 Å². The van der Waals surface area contributed by atoms with Gasteiger partial charge < -0.3 is 25.2 Å². The van der Waals surface area contributed by atoms with Crippen molar-refractivity contribution in [1.82, 2.24) is 14.8 Å². The Kier molecular flexibility index (Phi) is 6.40. The Bertz CT molecular complexity index is 974. The predicted molar refractivity (Wildman–Crippen MR) is 103 cm³/mol. The van der Waals surface area contributed by atoms with Crippen LogP contribution in [0.4, 0.5) is 0 Å². The van der Waals surface area contributed by atoms with E-state index in [2.05, 4.69) is 10.1 Å². The Morgan fingerprint density at radius 3 is 2.50 bits per heavy atom. The van der Waals surface area contributed by atoms with Crippen molar-refractivity contribution in [3.63, 3.8) is 0 Å². The molecule has 5 atom stereocenters. The number of hydrogen-bond donors (Lipinski definition) is 5. The third-order valence-electron chi connectivity index (χ3n) is 4.29. The number of rotatable bonds is 4. The summed E-state index contributed by atoms with van der Waals surface area (Å²) < 4.78 is 6.29. The van der Waals surface area contributed by atoms with Crippen molar-refractivity contribution >= 4 is 36.0 Å². The highest BCUT2D eigenvalue weighted by Crippen LogP contribution is 2.27. The summed E-state index contributed by atoms with van der Waals surface area (Å²) >= 11 is 10.9. The van der Waals surface area contributed by atoms with Gasteiger partial charge in [0.25, 0.3) is 5.56 Å². The monoisotopic (exact) mass is 427 g/mol. The molecule has 28 heavy (non-hydrogen) atoms. The van der Waals surface area contributed by atoms with Crippen LogP contribution in [0.2, 0.25) is 5.02 Å². The summed E-state index contributed by atoms with van der Waals surface area (Å²) in [4.78, 5) is 14.6. The molecule has 1 saturated heterocycles. The fourth-order valence-corrected chi connectivity index (χ4v) is 3.10. The maximum atomic E-state index is 12.2. The number of aliphatic hydroxyl groups excluding tert-OH is 4. The van der Waals surface area contributed by atoms with E-state index in [-0.39, 0.29) is 10.5 Å². The van der Waals surface area contributed by atoms with Gasteiger partial charge in [0, 0.05) is 5.02 Å². The molecule has 0 aliphatic carbocycles. The number of aromatic nitrogens is 3. The zero-order valence-corrected chi connectivity index (χ0v) is 15.9. The van der Waals surface area contributed by atoms with Gasteiger partial charge in [-0.25, -0.2) is 4.68 Å². The molecule has 2 heterocycles. The van der Waals surface area contributed by atoms with E-state index in [9.17, 15) is 25.2 Å². The number of hydrogen-bond acceptors (Lipinski definition) is 8. The summed E-state index contributed by atoms with van der Waals surface area (Å²) in [5.74, 6) is 0. The largest absolute Gasteiger partial charge is 0.394 e. The third-order valence-corrected chi connectivity index (χ3v) is 4.83. The molecule has 0 amide bonds. The van der Waals surface area contributed by atoms with Crippen LogP contribution < -0.4 is 5.56 Å². The first-order valence-electron chi connectivity index (χ1n) is 8.29. The fraction of sp³-hybridized carbons (Fsp3) is 0.353. The van der Waals surface area contributed by atoms with Gasteiger partial charge in [0.15, 0.2) is 11.0 Å². The van der Waals surface area contributed by atoms with Crippen molar-refractivity contribution < 1.29 is 25.2 Å². The highest BCUT2D eigenvalue weighted by atomic mass is 35.5. The topological polar surface area (TPSA) is 141 Å². The summed E-state index contributed by atoms with van der Waals surface area (Å²) in [6, 6.07) is 6.89. The van der Waals surface area contributed by atoms with Crippen molar-refractivity contribution in [3.05, 3.63) is 55.7 Å². The molecule has 3 rings (SSSR count). The minimum atomic E-state index is -1.60. The Morgan fingerprint density at radius 2 is 1.86 bits per heavy atom. The smallest absolute Gasteiger partial charge is 0.277 e. The van der Waals surface area contributed by atoms with Crippen LogP contribution in [0.25, 0.3) is 12.2 Å². The van der Waals surface area contributed by atoms with Crippen LogP contribution in [-0.4, -0.2) is 66.2 Å². The molecular formula is C17H18ClN3O6S. The first-order valence-corrected chi connectivity index (χ1v) is 9.07. The Labute approximate surface area is 169 Å². The van der Waals surface area contributed by atoms with Gasteiger partial charge in [0.1, 0.15) is 30.1 Å². The van der Waals surface area contributed by atoms with Crippen LogP contribution in [0.3, 0.4) is 0 Å². The van der Waals surface area contributed by atoms with Gasteiger partial charge >= 0.3 is 0 Å². The molecule has 0 saturated carbocycles. The van der Waals surface area contributed by atoms with Gasteiger partial charge in [-0.3, -0.25) is 9.78 Å². The molecule has 0 bridgehead atoms. The minimum Gasteiger partial charge on any atom is -0.394 e. The van der Waals surface area contributed by atoms with E-state index in [0.717, 1.165) is 10.2 Å². The first kappa shape index (κ1) is 20.8. The van der Waals surface area contributed by atoms with Crippen LogP contribution in [0.5, 0.6) is 0 Å². The standard InChI is InChI=1S/C17H18ClN3O6S/c18-9-4-1-8(2-5-9)3-6-10-15(26)19-17(28)21(20-10)16-14(25)13(24)12(23)11(7-22)27-16/h1-6,11-14,16,22-25H,7H2,(H,19,26,28)/b6-3+/t11-,12-,13+,14-,16-/m1/s1. The zero-order chi connectivity index (χ0) is 20.4. The van der Waals surface area contributed by atoms with Crippen molar-refractivity contribution in [1.29, 1.82) is 0 Å². The van der Waals surface area contributed by atoms with Crippen LogP contribution in [0.15, 0.2) is 29.1 Å². The highest BCUT2D eigenvalue weighted by Gasteiger charge is 2.44. The zero-order valence-electron chi connectivity index (χ0n) is 14.3. The second-order valence-corrected chi connectivity index (χ2v) is 7.02. The molecule has 5 N–H and O–H groups in total. The number of nitrogens with one attached hydrogen (secondary N) is 1. The van der Waals surface area contributed by atoms with E-state index in [4.69, 9.17) is 28.6 Å². The number of ether oxygens (including phenoxy) is 1. The molecule has 1 aromatic carbocycles. The normalized spacial score (nSPS) is 28.0. The molecule has 0 radical (unpaired) electrons.